The van der Waals surface area contributed by atoms with Crippen LogP contribution in [0.2, 0.25) is 0 Å². The van der Waals surface area contributed by atoms with E-state index in [0.717, 1.165) is 12.1 Å². The minimum Gasteiger partial charge on any atom is -0.329 e. The monoisotopic (exact) mass is 578 g/mol. The smallest absolute Gasteiger partial charge is 0.329 e. The molecule has 1 aromatic heterocycles. The fourth-order valence-corrected chi connectivity index (χ4v) is 5.87. The van der Waals surface area contributed by atoms with Gasteiger partial charge in [0.15, 0.2) is 0 Å². The lowest BCUT2D eigenvalue weighted by atomic mass is 10.1. The molecule has 38 heavy (non-hydrogen) atoms. The molecule has 1 aliphatic heterocycles. The van der Waals surface area contributed by atoms with Crippen molar-refractivity contribution in [2.75, 3.05) is 36.0 Å². The molecule has 1 amide bonds. The van der Waals surface area contributed by atoms with Gasteiger partial charge in [-0.05, 0) is 23.8 Å². The van der Waals surface area contributed by atoms with Gasteiger partial charge >= 0.3 is 18.2 Å². The van der Waals surface area contributed by atoms with Gasteiger partial charge in [0.25, 0.3) is 0 Å². The van der Waals surface area contributed by atoms with Crippen molar-refractivity contribution in [1.82, 2.24) is 15.0 Å². The SMILES string of the molecule is O=S=S1CCN(CC(=O)N(Cc2ccc(-c3noc(C(F)(F)F)n3)cc2)c2cccc(C(F)(F)F)c2)CC1. The Balaban J connectivity index is 1.57. The van der Waals surface area contributed by atoms with Gasteiger partial charge in [-0.3, -0.25) is 9.69 Å². The maximum absolute atomic E-state index is 13.4. The minimum atomic E-state index is -4.79. The average molecular weight is 579 g/mol. The van der Waals surface area contributed by atoms with Crippen LogP contribution < -0.4 is 4.90 Å². The van der Waals surface area contributed by atoms with E-state index < -0.39 is 29.7 Å². The number of carbonyl (C=O) groups is 1. The van der Waals surface area contributed by atoms with Crippen molar-refractivity contribution < 1.29 is 39.9 Å². The summed E-state index contributed by atoms with van der Waals surface area (Å²) in [6, 6.07) is 10.3. The van der Waals surface area contributed by atoms with Crippen LogP contribution in [0.4, 0.5) is 32.0 Å². The number of rotatable bonds is 6. The third-order valence-corrected chi connectivity index (χ3v) is 8.78. The second-order valence-electron chi connectivity index (χ2n) is 8.34. The molecule has 1 fully saturated rings. The van der Waals surface area contributed by atoms with Crippen molar-refractivity contribution in [2.45, 2.75) is 18.9 Å². The lowest BCUT2D eigenvalue weighted by molar-refractivity contribution is -0.159. The van der Waals surface area contributed by atoms with Crippen LogP contribution in [0.1, 0.15) is 17.0 Å². The average Bonchev–Trinajstić information content (AvgIpc) is 3.39. The summed E-state index contributed by atoms with van der Waals surface area (Å²) in [4.78, 5) is 19.7. The standard InChI is InChI=1S/C23H20F6N4O3S2/c24-22(25,26)17-2-1-3-18(12-17)33(19(34)14-32-8-10-38(37-35)11-9-32)13-15-4-6-16(7-5-15)20-30-21(36-31-20)23(27,28)29/h1-7,12H,8-11,13-14H2. The van der Waals surface area contributed by atoms with E-state index in [9.17, 15) is 35.3 Å². The van der Waals surface area contributed by atoms with Crippen molar-refractivity contribution in [3.63, 3.8) is 0 Å². The van der Waals surface area contributed by atoms with Crippen molar-refractivity contribution >= 4 is 31.3 Å². The largest absolute Gasteiger partial charge is 0.471 e. The van der Waals surface area contributed by atoms with Gasteiger partial charge in [-0.25, -0.2) is 4.21 Å². The zero-order valence-electron chi connectivity index (χ0n) is 19.5. The number of carbonyl (C=O) groups excluding carboxylic acids is 1. The van der Waals surface area contributed by atoms with E-state index in [1.807, 2.05) is 4.90 Å². The van der Waals surface area contributed by atoms with E-state index in [1.54, 1.807) is 0 Å². The summed E-state index contributed by atoms with van der Waals surface area (Å²) in [5.74, 6) is -0.929. The number of aromatic nitrogens is 2. The highest BCUT2D eigenvalue weighted by Gasteiger charge is 2.38. The number of hydrogen-bond donors (Lipinski definition) is 0. The molecule has 0 spiro atoms. The fourth-order valence-electron chi connectivity index (χ4n) is 3.75. The summed E-state index contributed by atoms with van der Waals surface area (Å²) >= 11 is 0. The molecule has 0 aliphatic carbocycles. The number of hydrogen-bond acceptors (Lipinski definition) is 6. The van der Waals surface area contributed by atoms with Crippen LogP contribution in [0.3, 0.4) is 0 Å². The minimum absolute atomic E-state index is 0.0435. The highest BCUT2D eigenvalue weighted by molar-refractivity contribution is 8.31. The van der Waals surface area contributed by atoms with Crippen molar-refractivity contribution in [1.29, 1.82) is 0 Å². The Kier molecular flexibility index (Phi) is 8.37. The molecule has 0 atom stereocenters. The molecule has 1 saturated heterocycles. The Morgan fingerprint density at radius 1 is 1.03 bits per heavy atom. The summed E-state index contributed by atoms with van der Waals surface area (Å²) < 4.78 is 93.6. The molecule has 0 saturated carbocycles. The lowest BCUT2D eigenvalue weighted by Crippen LogP contribution is -2.45. The van der Waals surface area contributed by atoms with Crippen LogP contribution in [-0.2, 0) is 43.4 Å². The first-order valence-electron chi connectivity index (χ1n) is 11.1. The maximum Gasteiger partial charge on any atom is 0.471 e. The van der Waals surface area contributed by atoms with E-state index in [-0.39, 0.29) is 39.6 Å². The number of anilines is 1. The van der Waals surface area contributed by atoms with E-state index in [4.69, 9.17) is 0 Å². The summed E-state index contributed by atoms with van der Waals surface area (Å²) in [6.45, 7) is 0.924. The first kappa shape index (κ1) is 28.0. The molecule has 2 heterocycles. The molecule has 0 bridgehead atoms. The molecule has 4 rings (SSSR count). The first-order chi connectivity index (χ1) is 17.9. The molecule has 0 unspecified atom stereocenters. The number of benzene rings is 2. The van der Waals surface area contributed by atoms with Gasteiger partial charge in [0, 0.05) is 35.8 Å². The molecule has 0 N–H and O–H groups in total. The van der Waals surface area contributed by atoms with Gasteiger partial charge in [0.2, 0.25) is 11.7 Å². The number of halogens is 6. The summed E-state index contributed by atoms with van der Waals surface area (Å²) in [7, 11) is 0.246. The summed E-state index contributed by atoms with van der Waals surface area (Å²) in [5, 5.41) is 3.33. The number of alkyl halides is 6. The van der Waals surface area contributed by atoms with E-state index >= 15 is 0 Å². The van der Waals surface area contributed by atoms with E-state index in [0.29, 0.717) is 40.4 Å². The molecular weight excluding hydrogens is 558 g/mol. The molecule has 7 nitrogen and oxygen atoms in total. The van der Waals surface area contributed by atoms with Crippen LogP contribution in [0.15, 0.2) is 53.1 Å². The van der Waals surface area contributed by atoms with Crippen molar-refractivity contribution in [3.05, 3.63) is 65.5 Å². The number of amides is 1. The van der Waals surface area contributed by atoms with Gasteiger partial charge in [0.1, 0.15) is 10.2 Å². The Morgan fingerprint density at radius 2 is 1.71 bits per heavy atom. The van der Waals surface area contributed by atoms with Gasteiger partial charge in [-0.15, -0.1) is 0 Å². The molecule has 2 aromatic carbocycles. The molecule has 204 valence electrons. The normalized spacial score (nSPS) is 15.4. The zero-order valence-corrected chi connectivity index (χ0v) is 21.1. The molecular formula is C23H20F6N4O3S2. The Hall–Kier alpha value is -3.04. The van der Waals surface area contributed by atoms with Crippen LogP contribution in [0, 0.1) is 0 Å². The van der Waals surface area contributed by atoms with Crippen LogP contribution in [0.25, 0.3) is 11.4 Å². The fraction of sp³-hybridized carbons (Fsp3) is 0.348. The van der Waals surface area contributed by atoms with Crippen molar-refractivity contribution in [2.24, 2.45) is 0 Å². The maximum atomic E-state index is 13.4. The van der Waals surface area contributed by atoms with E-state index in [1.165, 1.54) is 41.3 Å². The predicted octanol–water partition coefficient (Wildman–Crippen LogP) is 4.37. The highest BCUT2D eigenvalue weighted by atomic mass is 32.8. The predicted molar refractivity (Wildman–Crippen MR) is 129 cm³/mol. The third-order valence-electron chi connectivity index (χ3n) is 5.73. The molecule has 15 heteroatoms. The van der Waals surface area contributed by atoms with Crippen molar-refractivity contribution in [3.8, 4) is 11.4 Å². The molecule has 1 aliphatic rings. The second-order valence-corrected chi connectivity index (χ2v) is 12.0. The molecule has 0 radical (unpaired) electrons. The summed E-state index contributed by atoms with van der Waals surface area (Å²) in [5.41, 5.74) is -0.115. The summed E-state index contributed by atoms with van der Waals surface area (Å²) in [6.07, 6.45) is -9.40. The van der Waals surface area contributed by atoms with Gasteiger partial charge in [-0.1, -0.05) is 44.9 Å². The highest BCUT2D eigenvalue weighted by Crippen LogP contribution is 2.33. The third kappa shape index (κ3) is 6.88. The van der Waals surface area contributed by atoms with Crippen LogP contribution in [-0.4, -0.2) is 56.3 Å². The number of nitrogens with zero attached hydrogens (tertiary/aromatic N) is 4. The van der Waals surface area contributed by atoms with Crippen LogP contribution >= 0.6 is 0 Å². The zero-order chi connectivity index (χ0) is 27.5. The van der Waals surface area contributed by atoms with Gasteiger partial charge in [-0.2, -0.15) is 31.3 Å². The van der Waals surface area contributed by atoms with Gasteiger partial charge < -0.3 is 9.42 Å². The topological polar surface area (TPSA) is 79.5 Å². The second kappa shape index (κ2) is 11.4. The Bertz CT molecular complexity index is 1340. The quantitative estimate of drug-likeness (QED) is 0.405. The lowest BCUT2D eigenvalue weighted by Gasteiger charge is -2.30. The Morgan fingerprint density at radius 3 is 2.29 bits per heavy atom. The van der Waals surface area contributed by atoms with Crippen LogP contribution in [0.5, 0.6) is 0 Å². The molecule has 3 aromatic rings. The first-order valence-corrected chi connectivity index (χ1v) is 13.9. The Labute approximate surface area is 218 Å². The van der Waals surface area contributed by atoms with Gasteiger partial charge in [0.05, 0.1) is 18.7 Å². The van der Waals surface area contributed by atoms with E-state index in [2.05, 4.69) is 14.7 Å².